The molecule has 1 fully saturated rings. The van der Waals surface area contributed by atoms with Crippen molar-refractivity contribution in [2.24, 2.45) is 0 Å². The number of likely N-dealkylation sites (N-methyl/N-ethyl adjacent to an activating group) is 2. The Morgan fingerprint density at radius 2 is 1.59 bits per heavy atom. The topological polar surface area (TPSA) is 93.7 Å². The van der Waals surface area contributed by atoms with E-state index >= 15 is 0 Å². The molecule has 3 heterocycles. The summed E-state index contributed by atoms with van der Waals surface area (Å²) in [6.07, 6.45) is 2.18. The highest BCUT2D eigenvalue weighted by molar-refractivity contribution is 7.24. The number of benzene rings is 1. The van der Waals surface area contributed by atoms with Crippen LogP contribution in [0.4, 0.5) is 10.3 Å². The Labute approximate surface area is 208 Å². The number of nitrogens with one attached hydrogen (secondary N) is 2. The van der Waals surface area contributed by atoms with Crippen LogP contribution in [0.25, 0.3) is 20.4 Å². The molecule has 0 spiro atoms. The maximum absolute atomic E-state index is 12.6. The van der Waals surface area contributed by atoms with E-state index in [2.05, 4.69) is 21.6 Å². The van der Waals surface area contributed by atoms with E-state index in [1.54, 1.807) is 22.7 Å². The van der Waals surface area contributed by atoms with E-state index in [9.17, 15) is 9.59 Å². The lowest BCUT2D eigenvalue weighted by Gasteiger charge is -2.22. The Morgan fingerprint density at radius 3 is 2.15 bits per heavy atom. The first kappa shape index (κ1) is 24.6. The van der Waals surface area contributed by atoms with Gasteiger partial charge in [-0.05, 0) is 46.9 Å². The first-order valence-corrected chi connectivity index (χ1v) is 13.4. The monoisotopic (exact) mass is 503 g/mol. The van der Waals surface area contributed by atoms with E-state index < -0.39 is 0 Å². The van der Waals surface area contributed by atoms with Gasteiger partial charge in [-0.2, -0.15) is 0 Å². The fraction of sp³-hybridized carbons (Fsp3) is 0.565. The highest BCUT2D eigenvalue weighted by atomic mass is 32.1. The number of aromatic nitrogens is 2. The SMILES string of the molecule is CCN(CCN(C)C)C(=O)CNc1nc2c(C)c3nc(NCC(=O)N4CCCC4)sc3cc2s1. The van der Waals surface area contributed by atoms with E-state index in [-0.39, 0.29) is 24.9 Å². The minimum Gasteiger partial charge on any atom is -0.352 e. The molecule has 1 aliphatic heterocycles. The Kier molecular flexibility index (Phi) is 7.84. The van der Waals surface area contributed by atoms with Crippen molar-refractivity contribution in [1.29, 1.82) is 0 Å². The number of rotatable bonds is 10. The van der Waals surface area contributed by atoms with Crippen LogP contribution >= 0.6 is 22.7 Å². The number of hydrogen-bond acceptors (Lipinski definition) is 9. The van der Waals surface area contributed by atoms with Crippen LogP contribution in [0.3, 0.4) is 0 Å². The Bertz CT molecular complexity index is 1170. The summed E-state index contributed by atoms with van der Waals surface area (Å²) in [5.41, 5.74) is 2.82. The maximum atomic E-state index is 12.6. The van der Waals surface area contributed by atoms with Crippen molar-refractivity contribution in [3.8, 4) is 0 Å². The molecule has 1 aliphatic rings. The number of nitrogens with zero attached hydrogens (tertiary/aromatic N) is 5. The van der Waals surface area contributed by atoms with Crippen LogP contribution in [0.1, 0.15) is 25.3 Å². The summed E-state index contributed by atoms with van der Waals surface area (Å²) < 4.78 is 2.12. The zero-order valence-electron chi connectivity index (χ0n) is 20.3. The third-order valence-corrected chi connectivity index (χ3v) is 7.99. The molecule has 2 N–H and O–H groups in total. The number of carbonyl (C=O) groups is 2. The van der Waals surface area contributed by atoms with Gasteiger partial charge in [-0.3, -0.25) is 9.59 Å². The molecule has 4 rings (SSSR count). The van der Waals surface area contributed by atoms with Crippen LogP contribution in [0, 0.1) is 6.92 Å². The molecule has 34 heavy (non-hydrogen) atoms. The van der Waals surface area contributed by atoms with E-state index in [0.29, 0.717) is 13.1 Å². The van der Waals surface area contributed by atoms with Gasteiger partial charge in [0.05, 0.1) is 33.5 Å². The van der Waals surface area contributed by atoms with E-state index in [1.165, 1.54) is 0 Å². The molecule has 0 aliphatic carbocycles. The third-order valence-electron chi connectivity index (χ3n) is 6.07. The fourth-order valence-electron chi connectivity index (χ4n) is 4.05. The second-order valence-electron chi connectivity index (χ2n) is 8.80. The summed E-state index contributed by atoms with van der Waals surface area (Å²) in [5, 5.41) is 7.91. The Morgan fingerprint density at radius 1 is 1.00 bits per heavy atom. The van der Waals surface area contributed by atoms with Crippen molar-refractivity contribution >= 4 is 65.2 Å². The fourth-order valence-corrected chi connectivity index (χ4v) is 6.05. The minimum absolute atomic E-state index is 0.0715. The van der Waals surface area contributed by atoms with Crippen LogP contribution in [-0.4, -0.2) is 96.4 Å². The van der Waals surface area contributed by atoms with Crippen molar-refractivity contribution < 1.29 is 9.59 Å². The second kappa shape index (κ2) is 10.8. The lowest BCUT2D eigenvalue weighted by Crippen LogP contribution is -2.39. The van der Waals surface area contributed by atoms with Crippen LogP contribution < -0.4 is 10.6 Å². The molecule has 184 valence electrons. The number of thiazole rings is 2. The van der Waals surface area contributed by atoms with Crippen LogP contribution in [0.2, 0.25) is 0 Å². The molecule has 0 bridgehead atoms. The van der Waals surface area contributed by atoms with Gasteiger partial charge >= 0.3 is 0 Å². The standard InChI is InChI=1S/C23H33N7O2S2/c1-5-29(11-10-28(3)4)18(31)13-24-22-26-20-15(2)21-17(12-16(20)33-22)34-23(27-21)25-14-19(32)30-8-6-7-9-30/h12H,5-11,13-14H2,1-4H3,(H,24,26)(H,25,27). The first-order chi connectivity index (χ1) is 16.4. The number of amides is 2. The van der Waals surface area contributed by atoms with Gasteiger partial charge < -0.3 is 25.3 Å². The van der Waals surface area contributed by atoms with Gasteiger partial charge in [0.15, 0.2) is 10.3 Å². The van der Waals surface area contributed by atoms with Crippen LogP contribution in [0.15, 0.2) is 6.07 Å². The Balaban J connectivity index is 1.42. The largest absolute Gasteiger partial charge is 0.352 e. The molecule has 0 saturated carbocycles. The van der Waals surface area contributed by atoms with Gasteiger partial charge in [0.2, 0.25) is 11.8 Å². The van der Waals surface area contributed by atoms with Crippen molar-refractivity contribution in [2.45, 2.75) is 26.7 Å². The number of anilines is 2. The quantitative estimate of drug-likeness (QED) is 0.439. The second-order valence-corrected chi connectivity index (χ2v) is 10.9. The molecule has 0 unspecified atom stereocenters. The minimum atomic E-state index is 0.0715. The highest BCUT2D eigenvalue weighted by Crippen LogP contribution is 2.36. The number of hydrogen-bond donors (Lipinski definition) is 2. The molecule has 0 radical (unpaired) electrons. The zero-order valence-corrected chi connectivity index (χ0v) is 21.9. The van der Waals surface area contributed by atoms with E-state index in [4.69, 9.17) is 9.97 Å². The molecular weight excluding hydrogens is 470 g/mol. The highest BCUT2D eigenvalue weighted by Gasteiger charge is 2.19. The number of fused-ring (bicyclic) bond motifs is 2. The lowest BCUT2D eigenvalue weighted by molar-refractivity contribution is -0.129. The van der Waals surface area contributed by atoms with E-state index in [0.717, 1.165) is 68.7 Å². The van der Waals surface area contributed by atoms with Gasteiger partial charge in [-0.25, -0.2) is 9.97 Å². The van der Waals surface area contributed by atoms with Crippen molar-refractivity contribution in [2.75, 3.05) is 70.5 Å². The first-order valence-electron chi connectivity index (χ1n) is 11.7. The summed E-state index contributed by atoms with van der Waals surface area (Å²) in [6.45, 7) is 8.49. The summed E-state index contributed by atoms with van der Waals surface area (Å²) in [5.74, 6) is 0.201. The maximum Gasteiger partial charge on any atom is 0.241 e. The molecule has 3 aromatic rings. The molecule has 0 atom stereocenters. The van der Waals surface area contributed by atoms with E-state index in [1.807, 2.05) is 37.7 Å². The van der Waals surface area contributed by atoms with Crippen LogP contribution in [-0.2, 0) is 9.59 Å². The van der Waals surface area contributed by atoms with Crippen molar-refractivity contribution in [3.05, 3.63) is 11.6 Å². The molecule has 1 aromatic carbocycles. The molecule has 2 amide bonds. The number of carbonyl (C=O) groups excluding carboxylic acids is 2. The average molecular weight is 504 g/mol. The summed E-state index contributed by atoms with van der Waals surface area (Å²) in [6, 6.07) is 2.10. The summed E-state index contributed by atoms with van der Waals surface area (Å²) in [4.78, 5) is 40.2. The number of likely N-dealkylation sites (tertiary alicyclic amines) is 1. The zero-order chi connectivity index (χ0) is 24.2. The van der Waals surface area contributed by atoms with Gasteiger partial charge in [0.1, 0.15) is 0 Å². The van der Waals surface area contributed by atoms with Crippen LogP contribution in [0.5, 0.6) is 0 Å². The van der Waals surface area contributed by atoms with Crippen molar-refractivity contribution in [1.82, 2.24) is 24.7 Å². The summed E-state index contributed by atoms with van der Waals surface area (Å²) in [7, 11) is 4.01. The smallest absolute Gasteiger partial charge is 0.241 e. The lowest BCUT2D eigenvalue weighted by atomic mass is 10.2. The predicted octanol–water partition coefficient (Wildman–Crippen LogP) is 3.07. The third kappa shape index (κ3) is 5.59. The molecule has 9 nitrogen and oxygen atoms in total. The van der Waals surface area contributed by atoms with Gasteiger partial charge in [-0.15, -0.1) is 0 Å². The summed E-state index contributed by atoms with van der Waals surface area (Å²) >= 11 is 3.10. The molecule has 2 aromatic heterocycles. The molecule has 11 heteroatoms. The normalized spacial score (nSPS) is 13.9. The Hall–Kier alpha value is -2.50. The molecular formula is C23H33N7O2S2. The van der Waals surface area contributed by atoms with Crippen molar-refractivity contribution in [3.63, 3.8) is 0 Å². The van der Waals surface area contributed by atoms with Gasteiger partial charge in [0, 0.05) is 38.3 Å². The number of aryl methyl sites for hydroxylation is 1. The predicted molar refractivity (Wildman–Crippen MR) is 141 cm³/mol. The van der Waals surface area contributed by atoms with Gasteiger partial charge in [-0.1, -0.05) is 22.7 Å². The molecule has 1 saturated heterocycles. The average Bonchev–Trinajstić information content (AvgIpc) is 3.56. The van der Waals surface area contributed by atoms with Gasteiger partial charge in [0.25, 0.3) is 0 Å².